The fourth-order valence-electron chi connectivity index (χ4n) is 10.6. The first kappa shape index (κ1) is 39.4. The molecule has 0 saturated heterocycles. The molecule has 0 atom stereocenters. The van der Waals surface area contributed by atoms with Gasteiger partial charge in [-0.25, -0.2) is 0 Å². The van der Waals surface area contributed by atoms with Crippen molar-refractivity contribution in [2.45, 2.75) is 227 Å². The van der Waals surface area contributed by atoms with Gasteiger partial charge in [-0.1, -0.05) is 38.5 Å². The fraction of sp³-hybridized carbons (Fsp3) is 1.00. The molecule has 5 heteroatoms. The largest absolute Gasteiger partial charge is 2.00 e. The molecular formula is C36H70P2RhS2+2. The predicted molar refractivity (Wildman–Crippen MR) is 195 cm³/mol. The van der Waals surface area contributed by atoms with Gasteiger partial charge in [0.2, 0.25) is 0 Å². The summed E-state index contributed by atoms with van der Waals surface area (Å²) in [5.74, 6) is 0. The molecule has 0 spiro atoms. The van der Waals surface area contributed by atoms with Crippen LogP contribution in [0.5, 0.6) is 0 Å². The van der Waals surface area contributed by atoms with Crippen molar-refractivity contribution in [3.8, 4) is 0 Å². The van der Waals surface area contributed by atoms with E-state index in [4.69, 9.17) is 0 Å². The van der Waals surface area contributed by atoms with Gasteiger partial charge in [-0.05, 0) is 154 Å². The van der Waals surface area contributed by atoms with Gasteiger partial charge in [-0.15, -0.1) is 0 Å². The third-order valence-electron chi connectivity index (χ3n) is 12.5. The maximum Gasteiger partial charge on any atom is 2.00 e. The Bertz CT molecular complexity index is 475. The molecule has 6 aliphatic carbocycles. The molecule has 6 aliphatic rings. The summed E-state index contributed by atoms with van der Waals surface area (Å²) < 4.78 is 0. The van der Waals surface area contributed by atoms with Crippen LogP contribution < -0.4 is 0 Å². The molecule has 243 valence electrons. The van der Waals surface area contributed by atoms with Gasteiger partial charge in [0.15, 0.2) is 0 Å². The van der Waals surface area contributed by atoms with E-state index >= 15 is 0 Å². The second kappa shape index (κ2) is 22.7. The van der Waals surface area contributed by atoms with Gasteiger partial charge in [-0.2, -0.15) is 0 Å². The smallest absolute Gasteiger partial charge is 0.813 e. The van der Waals surface area contributed by atoms with Crippen LogP contribution in [0, 0.1) is 0 Å². The van der Waals surface area contributed by atoms with Gasteiger partial charge in [-0.3, -0.25) is 0 Å². The summed E-state index contributed by atoms with van der Waals surface area (Å²) in [4.78, 5) is 0. The van der Waals surface area contributed by atoms with Crippen LogP contribution in [0.25, 0.3) is 0 Å². The number of hydrogen-bond donors (Lipinski definition) is 0. The van der Waals surface area contributed by atoms with Gasteiger partial charge < -0.3 is 27.0 Å². The Morgan fingerprint density at radius 3 is 0.463 bits per heavy atom. The molecular weight excluding hydrogens is 661 g/mol. The summed E-state index contributed by atoms with van der Waals surface area (Å²) in [6, 6.07) is 0. The van der Waals surface area contributed by atoms with E-state index in [1.54, 1.807) is 193 Å². The van der Waals surface area contributed by atoms with Crippen molar-refractivity contribution in [2.75, 3.05) is 0 Å². The van der Waals surface area contributed by atoms with E-state index in [2.05, 4.69) is 0 Å². The van der Waals surface area contributed by atoms with Crippen molar-refractivity contribution in [1.29, 1.82) is 0 Å². The van der Waals surface area contributed by atoms with Gasteiger partial charge in [0, 0.05) is 15.8 Å². The maximum absolute atomic E-state index is 1.63. The molecule has 0 nitrogen and oxygen atoms in total. The van der Waals surface area contributed by atoms with Crippen LogP contribution in [-0.2, 0) is 46.5 Å². The molecule has 0 N–H and O–H groups in total. The van der Waals surface area contributed by atoms with E-state index in [9.17, 15) is 0 Å². The Morgan fingerprint density at radius 2 is 0.341 bits per heavy atom. The van der Waals surface area contributed by atoms with Crippen LogP contribution >= 0.6 is 15.8 Å². The molecule has 0 bridgehead atoms. The zero-order valence-corrected chi connectivity index (χ0v) is 32.3. The number of thiol groups is 2. The molecule has 0 aromatic rings. The predicted octanol–water partition coefficient (Wildman–Crippen LogP) is 11.9. The Labute approximate surface area is 287 Å². The van der Waals surface area contributed by atoms with Crippen molar-refractivity contribution in [1.82, 2.24) is 0 Å². The molecule has 41 heavy (non-hydrogen) atoms. The maximum atomic E-state index is 1.63. The fourth-order valence-corrected chi connectivity index (χ4v) is 21.1. The quantitative estimate of drug-likeness (QED) is 0.115. The minimum atomic E-state index is -0.0465. The molecule has 6 saturated carbocycles. The topological polar surface area (TPSA) is 0 Å². The van der Waals surface area contributed by atoms with Crippen LogP contribution in [0.15, 0.2) is 0 Å². The summed E-state index contributed by atoms with van der Waals surface area (Å²) in [6.45, 7) is 0. The summed E-state index contributed by atoms with van der Waals surface area (Å²) in [5.41, 5.74) is 7.36. The van der Waals surface area contributed by atoms with E-state index in [1.165, 1.54) is 34.0 Å². The summed E-state index contributed by atoms with van der Waals surface area (Å²) in [6.07, 6.45) is 47.6. The van der Waals surface area contributed by atoms with Gasteiger partial charge in [0.05, 0.1) is 34.0 Å². The first-order valence-corrected chi connectivity index (χ1v) is 22.1. The second-order valence-corrected chi connectivity index (χ2v) is 21.9. The van der Waals surface area contributed by atoms with Crippen molar-refractivity contribution in [3.05, 3.63) is 0 Å². The SMILES string of the molecule is C1CCC([PH+](C2CCCCC2)C2CCCCC2)CC1.C1CCC([PH+](C2CCCCC2)C2CCCCC2)CC1.[Rh+2].[SH-].[SH-]. The minimum Gasteiger partial charge on any atom is -0.813 e. The van der Waals surface area contributed by atoms with Crippen LogP contribution in [0.1, 0.15) is 193 Å². The zero-order chi connectivity index (χ0) is 25.8. The average Bonchev–Trinajstić information content (AvgIpc) is 3.01. The zero-order valence-electron chi connectivity index (χ0n) is 26.9. The first-order valence-electron chi connectivity index (χ1n) is 18.6. The Morgan fingerprint density at radius 1 is 0.220 bits per heavy atom. The average molecular weight is 732 g/mol. The van der Waals surface area contributed by atoms with Crippen LogP contribution in [0.4, 0.5) is 0 Å². The van der Waals surface area contributed by atoms with Gasteiger partial charge in [0.25, 0.3) is 0 Å². The minimum absolute atomic E-state index is 0. The Hall–Kier alpha value is 2.18. The van der Waals surface area contributed by atoms with Crippen LogP contribution in [-0.4, -0.2) is 34.0 Å². The van der Waals surface area contributed by atoms with E-state index < -0.39 is 0 Å². The summed E-state index contributed by atoms with van der Waals surface area (Å²) >= 11 is 0. The molecule has 6 rings (SSSR count). The van der Waals surface area contributed by atoms with Crippen molar-refractivity contribution in [3.63, 3.8) is 0 Å². The Balaban J connectivity index is 0.000000267. The van der Waals surface area contributed by atoms with E-state index in [0.29, 0.717) is 0 Å². The van der Waals surface area contributed by atoms with Crippen LogP contribution in [0.2, 0.25) is 0 Å². The number of hydrogen-bond acceptors (Lipinski definition) is 2. The molecule has 0 unspecified atom stereocenters. The standard InChI is InChI=1S/2C18H33P.Rh.2H2S/c2*1-4-10-16(11-5-1)19(17-12-6-2-7-13-17)18-14-8-3-9-15-18;;;/h2*16-18H,1-15H2;;2*1H2/q;;+2;;. The van der Waals surface area contributed by atoms with Gasteiger partial charge >= 0.3 is 19.5 Å². The molecule has 0 aromatic heterocycles. The monoisotopic (exact) mass is 731 g/mol. The first-order chi connectivity index (χ1) is 18.9. The normalized spacial score (nSPS) is 26.8. The van der Waals surface area contributed by atoms with Crippen molar-refractivity contribution in [2.24, 2.45) is 0 Å². The molecule has 0 aromatic carbocycles. The third kappa shape index (κ3) is 12.4. The van der Waals surface area contributed by atoms with Crippen molar-refractivity contribution >= 4 is 42.8 Å². The molecule has 6 fully saturated rings. The second-order valence-electron chi connectivity index (χ2n) is 15.0. The van der Waals surface area contributed by atoms with E-state index in [0.717, 1.165) is 0 Å². The molecule has 0 amide bonds. The molecule has 1 radical (unpaired) electrons. The third-order valence-corrected chi connectivity index (χ3v) is 21.6. The Kier molecular flexibility index (Phi) is 21.8. The van der Waals surface area contributed by atoms with E-state index in [-0.39, 0.29) is 62.3 Å². The summed E-state index contributed by atoms with van der Waals surface area (Å²) in [5, 5.41) is 0. The van der Waals surface area contributed by atoms with Crippen LogP contribution in [0.3, 0.4) is 0 Å². The van der Waals surface area contributed by atoms with Crippen molar-refractivity contribution < 1.29 is 19.5 Å². The number of rotatable bonds is 6. The van der Waals surface area contributed by atoms with E-state index in [1.807, 2.05) is 0 Å². The molecule has 0 aliphatic heterocycles. The summed E-state index contributed by atoms with van der Waals surface area (Å²) in [7, 11) is -0.0930. The molecule has 0 heterocycles. The van der Waals surface area contributed by atoms with Gasteiger partial charge in [0.1, 0.15) is 0 Å².